The Hall–Kier alpha value is -3.16. The van der Waals surface area contributed by atoms with Gasteiger partial charge in [0.05, 0.1) is 22.3 Å². The number of anilines is 1. The van der Waals surface area contributed by atoms with E-state index in [1.165, 1.54) is 17.1 Å². The van der Waals surface area contributed by atoms with Gasteiger partial charge in [0, 0.05) is 49.4 Å². The van der Waals surface area contributed by atoms with Crippen molar-refractivity contribution in [2.45, 2.75) is 20.4 Å². The van der Waals surface area contributed by atoms with E-state index in [0.717, 1.165) is 53.2 Å². The number of thioether (sulfide) groups is 1. The molecule has 4 aromatic rings. The number of carbonyl (C=O) groups is 1. The van der Waals surface area contributed by atoms with Crippen LogP contribution < -0.4 is 5.32 Å². The fourth-order valence-electron chi connectivity index (χ4n) is 4.56. The standard InChI is InChI=1S/C27H29N5OS/c1-18-21(17-32-12-14-34-15-13-32)10-7-11-23(18)29-27(33)22-16-24(20-8-5-4-6-9-20)28-26-25(22)19(2)30-31(26)3/h4-11,16H,12-15,17H2,1-3H3,(H,29,33). The second kappa shape index (κ2) is 9.60. The molecule has 1 saturated heterocycles. The van der Waals surface area contributed by atoms with E-state index in [4.69, 9.17) is 4.98 Å². The third-order valence-electron chi connectivity index (χ3n) is 6.47. The molecule has 1 aliphatic heterocycles. The van der Waals surface area contributed by atoms with Gasteiger partial charge in [-0.3, -0.25) is 14.4 Å². The van der Waals surface area contributed by atoms with Crippen LogP contribution in [0.15, 0.2) is 54.6 Å². The average molecular weight is 472 g/mol. The van der Waals surface area contributed by atoms with Crippen LogP contribution in [0.5, 0.6) is 0 Å². The summed E-state index contributed by atoms with van der Waals surface area (Å²) in [5, 5.41) is 8.51. The van der Waals surface area contributed by atoms with Crippen LogP contribution >= 0.6 is 11.8 Å². The number of rotatable bonds is 5. The van der Waals surface area contributed by atoms with Crippen molar-refractivity contribution >= 4 is 34.4 Å². The molecule has 1 amide bonds. The number of amides is 1. The summed E-state index contributed by atoms with van der Waals surface area (Å²) >= 11 is 2.02. The van der Waals surface area contributed by atoms with Crippen molar-refractivity contribution in [2.24, 2.45) is 7.05 Å². The van der Waals surface area contributed by atoms with E-state index in [1.807, 2.05) is 74.3 Å². The molecule has 2 aromatic carbocycles. The van der Waals surface area contributed by atoms with Crippen molar-refractivity contribution in [3.05, 3.63) is 77.0 Å². The van der Waals surface area contributed by atoms with E-state index in [1.54, 1.807) is 4.68 Å². The molecule has 0 unspecified atom stereocenters. The second-order valence-corrected chi connectivity index (χ2v) is 9.99. The summed E-state index contributed by atoms with van der Waals surface area (Å²) in [6, 6.07) is 18.0. The average Bonchev–Trinajstić information content (AvgIpc) is 3.15. The first-order chi connectivity index (χ1) is 16.5. The first kappa shape index (κ1) is 22.6. The van der Waals surface area contributed by atoms with Crippen molar-refractivity contribution in [2.75, 3.05) is 29.9 Å². The van der Waals surface area contributed by atoms with Crippen molar-refractivity contribution in [3.63, 3.8) is 0 Å². The summed E-state index contributed by atoms with van der Waals surface area (Å²) in [4.78, 5) is 21.0. The minimum Gasteiger partial charge on any atom is -0.322 e. The topological polar surface area (TPSA) is 63.1 Å². The van der Waals surface area contributed by atoms with Crippen LogP contribution in [0.25, 0.3) is 22.3 Å². The van der Waals surface area contributed by atoms with E-state index >= 15 is 0 Å². The maximum absolute atomic E-state index is 13.6. The Morgan fingerprint density at radius 3 is 2.59 bits per heavy atom. The van der Waals surface area contributed by atoms with Crippen LogP contribution in [-0.4, -0.2) is 50.2 Å². The van der Waals surface area contributed by atoms with Crippen molar-refractivity contribution in [3.8, 4) is 11.3 Å². The van der Waals surface area contributed by atoms with Crippen LogP contribution in [0.4, 0.5) is 5.69 Å². The summed E-state index contributed by atoms with van der Waals surface area (Å²) in [5.74, 6) is 2.22. The fourth-order valence-corrected chi connectivity index (χ4v) is 5.54. The summed E-state index contributed by atoms with van der Waals surface area (Å²) < 4.78 is 1.75. The molecule has 0 atom stereocenters. The van der Waals surface area contributed by atoms with Gasteiger partial charge in [0.15, 0.2) is 5.65 Å². The van der Waals surface area contributed by atoms with E-state index < -0.39 is 0 Å². The van der Waals surface area contributed by atoms with Gasteiger partial charge in [0.25, 0.3) is 5.91 Å². The van der Waals surface area contributed by atoms with Gasteiger partial charge in [-0.1, -0.05) is 42.5 Å². The Bertz CT molecular complexity index is 1340. The lowest BCUT2D eigenvalue weighted by Gasteiger charge is -2.27. The number of fused-ring (bicyclic) bond motifs is 1. The third kappa shape index (κ3) is 4.45. The molecule has 1 N–H and O–H groups in total. The zero-order valence-electron chi connectivity index (χ0n) is 19.8. The highest BCUT2D eigenvalue weighted by Crippen LogP contribution is 2.28. The molecule has 0 radical (unpaired) electrons. The molecule has 5 rings (SSSR count). The molecule has 0 saturated carbocycles. The second-order valence-electron chi connectivity index (χ2n) is 8.76. The van der Waals surface area contributed by atoms with Gasteiger partial charge >= 0.3 is 0 Å². The number of aryl methyl sites for hydroxylation is 2. The van der Waals surface area contributed by atoms with Crippen molar-refractivity contribution in [1.29, 1.82) is 0 Å². The Morgan fingerprint density at radius 2 is 1.82 bits per heavy atom. The molecular formula is C27H29N5OS. The van der Waals surface area contributed by atoms with E-state index in [-0.39, 0.29) is 5.91 Å². The number of nitrogens with one attached hydrogen (secondary N) is 1. The Balaban J connectivity index is 1.50. The van der Waals surface area contributed by atoms with Crippen molar-refractivity contribution < 1.29 is 4.79 Å². The van der Waals surface area contributed by atoms with Crippen LogP contribution in [0, 0.1) is 13.8 Å². The molecule has 1 aliphatic rings. The number of nitrogens with zero attached hydrogens (tertiary/aromatic N) is 4. The maximum atomic E-state index is 13.6. The number of hydrogen-bond acceptors (Lipinski definition) is 5. The van der Waals surface area contributed by atoms with Crippen LogP contribution in [0.1, 0.15) is 27.2 Å². The summed E-state index contributed by atoms with van der Waals surface area (Å²) in [6.45, 7) is 7.15. The molecule has 1 fully saturated rings. The minimum absolute atomic E-state index is 0.143. The summed E-state index contributed by atoms with van der Waals surface area (Å²) in [5.41, 5.74) is 7.04. The normalized spacial score (nSPS) is 14.4. The first-order valence-electron chi connectivity index (χ1n) is 11.6. The van der Waals surface area contributed by atoms with Gasteiger partial charge in [0.2, 0.25) is 0 Å². The smallest absolute Gasteiger partial charge is 0.256 e. The minimum atomic E-state index is -0.143. The van der Waals surface area contributed by atoms with E-state index in [2.05, 4.69) is 28.3 Å². The van der Waals surface area contributed by atoms with Crippen LogP contribution in [0.3, 0.4) is 0 Å². The number of hydrogen-bond donors (Lipinski definition) is 1. The van der Waals surface area contributed by atoms with Gasteiger partial charge in [-0.2, -0.15) is 16.9 Å². The van der Waals surface area contributed by atoms with E-state index in [9.17, 15) is 4.79 Å². The highest BCUT2D eigenvalue weighted by Gasteiger charge is 2.20. The van der Waals surface area contributed by atoms with Crippen molar-refractivity contribution in [1.82, 2.24) is 19.7 Å². The highest BCUT2D eigenvalue weighted by atomic mass is 32.2. The highest BCUT2D eigenvalue weighted by molar-refractivity contribution is 7.99. The lowest BCUT2D eigenvalue weighted by atomic mass is 10.0. The van der Waals surface area contributed by atoms with Gasteiger partial charge in [-0.05, 0) is 37.1 Å². The number of pyridine rings is 1. The van der Waals surface area contributed by atoms with Crippen LogP contribution in [0.2, 0.25) is 0 Å². The fraction of sp³-hybridized carbons (Fsp3) is 0.296. The summed E-state index contributed by atoms with van der Waals surface area (Å²) in [7, 11) is 1.87. The molecule has 2 aromatic heterocycles. The van der Waals surface area contributed by atoms with Gasteiger partial charge in [-0.15, -0.1) is 0 Å². The monoisotopic (exact) mass is 471 g/mol. The van der Waals surface area contributed by atoms with E-state index in [0.29, 0.717) is 11.2 Å². The Kier molecular flexibility index (Phi) is 6.39. The Labute approximate surface area is 204 Å². The third-order valence-corrected chi connectivity index (χ3v) is 7.42. The molecule has 0 bridgehead atoms. The number of benzene rings is 2. The molecular weight excluding hydrogens is 442 g/mol. The lowest BCUT2D eigenvalue weighted by Crippen LogP contribution is -2.32. The lowest BCUT2D eigenvalue weighted by molar-refractivity contribution is 0.102. The maximum Gasteiger partial charge on any atom is 0.256 e. The molecule has 7 heteroatoms. The quantitative estimate of drug-likeness (QED) is 0.441. The molecule has 174 valence electrons. The molecule has 6 nitrogen and oxygen atoms in total. The molecule has 0 aliphatic carbocycles. The van der Waals surface area contributed by atoms with Crippen LogP contribution in [-0.2, 0) is 13.6 Å². The first-order valence-corrected chi connectivity index (χ1v) is 12.8. The van der Waals surface area contributed by atoms with Gasteiger partial charge in [0.1, 0.15) is 0 Å². The number of aromatic nitrogens is 3. The molecule has 34 heavy (non-hydrogen) atoms. The predicted octanol–water partition coefficient (Wildman–Crippen LogP) is 5.05. The SMILES string of the molecule is Cc1c(CN2CCSCC2)cccc1NC(=O)c1cc(-c2ccccc2)nc2c1c(C)nn2C. The predicted molar refractivity (Wildman–Crippen MR) is 140 cm³/mol. The van der Waals surface area contributed by atoms with Gasteiger partial charge < -0.3 is 5.32 Å². The zero-order chi connectivity index (χ0) is 23.7. The Morgan fingerprint density at radius 1 is 1.06 bits per heavy atom. The zero-order valence-corrected chi connectivity index (χ0v) is 20.7. The molecule has 0 spiro atoms. The molecule has 3 heterocycles. The summed E-state index contributed by atoms with van der Waals surface area (Å²) in [6.07, 6.45) is 0. The number of carbonyl (C=O) groups excluding carboxylic acids is 1. The largest absolute Gasteiger partial charge is 0.322 e. The van der Waals surface area contributed by atoms with Gasteiger partial charge in [-0.25, -0.2) is 4.98 Å².